The van der Waals surface area contributed by atoms with Gasteiger partial charge in [-0.25, -0.2) is 0 Å². The maximum atomic E-state index is 3.61. The molecule has 0 aromatic carbocycles. The van der Waals surface area contributed by atoms with Crippen LogP contribution in [-0.4, -0.2) is 37.6 Å². The first-order valence-electron chi connectivity index (χ1n) is 7.42. The Labute approximate surface area is 108 Å². The molecule has 0 saturated carbocycles. The Balaban J connectivity index is 2.59. The number of piperidine rings is 1. The van der Waals surface area contributed by atoms with E-state index in [1.807, 2.05) is 0 Å². The van der Waals surface area contributed by atoms with Gasteiger partial charge in [0.25, 0.3) is 0 Å². The number of hydrogen-bond acceptors (Lipinski definition) is 2. The Hall–Kier alpha value is -0.0800. The second-order valence-corrected chi connectivity index (χ2v) is 6.43. The summed E-state index contributed by atoms with van der Waals surface area (Å²) in [5.74, 6) is 0.746. The van der Waals surface area contributed by atoms with Gasteiger partial charge in [-0.3, -0.25) is 0 Å². The molecular weight excluding hydrogens is 208 g/mol. The van der Waals surface area contributed by atoms with Crippen molar-refractivity contribution in [1.82, 2.24) is 10.2 Å². The molecule has 0 aromatic heterocycles. The summed E-state index contributed by atoms with van der Waals surface area (Å²) in [6.45, 7) is 13.0. The molecule has 17 heavy (non-hydrogen) atoms. The van der Waals surface area contributed by atoms with Crippen molar-refractivity contribution in [2.24, 2.45) is 11.3 Å². The number of hydrogen-bond donors (Lipinski definition) is 1. The van der Waals surface area contributed by atoms with E-state index in [0.29, 0.717) is 11.5 Å². The van der Waals surface area contributed by atoms with E-state index in [-0.39, 0.29) is 0 Å². The molecule has 2 nitrogen and oxygen atoms in total. The van der Waals surface area contributed by atoms with Gasteiger partial charge in [-0.05, 0) is 51.1 Å². The number of nitrogens with zero attached hydrogens (tertiary/aromatic N) is 1. The normalized spacial score (nSPS) is 27.7. The second kappa shape index (κ2) is 6.75. The molecule has 1 N–H and O–H groups in total. The average molecular weight is 240 g/mol. The molecule has 0 bridgehead atoms. The van der Waals surface area contributed by atoms with Crippen molar-refractivity contribution in [2.75, 3.05) is 26.7 Å². The largest absolute Gasteiger partial charge is 0.316 e. The first-order chi connectivity index (χ1) is 8.01. The van der Waals surface area contributed by atoms with Gasteiger partial charge in [0, 0.05) is 19.1 Å². The lowest BCUT2D eigenvalue weighted by molar-refractivity contribution is 0.0868. The fourth-order valence-electron chi connectivity index (χ4n) is 3.17. The van der Waals surface area contributed by atoms with Gasteiger partial charge in [-0.1, -0.05) is 27.2 Å². The molecule has 1 aliphatic heterocycles. The molecule has 102 valence electrons. The van der Waals surface area contributed by atoms with Crippen molar-refractivity contribution in [3.8, 4) is 0 Å². The lowest BCUT2D eigenvalue weighted by atomic mass is 9.76. The van der Waals surface area contributed by atoms with Crippen molar-refractivity contribution in [3.63, 3.8) is 0 Å². The van der Waals surface area contributed by atoms with E-state index in [9.17, 15) is 0 Å². The highest BCUT2D eigenvalue weighted by Gasteiger charge is 2.33. The van der Waals surface area contributed by atoms with Gasteiger partial charge in [-0.2, -0.15) is 0 Å². The van der Waals surface area contributed by atoms with E-state index in [1.165, 1.54) is 45.3 Å². The van der Waals surface area contributed by atoms with Crippen LogP contribution in [0.2, 0.25) is 0 Å². The quantitative estimate of drug-likeness (QED) is 0.767. The Morgan fingerprint density at radius 3 is 2.47 bits per heavy atom. The van der Waals surface area contributed by atoms with Crippen LogP contribution in [0.15, 0.2) is 0 Å². The monoisotopic (exact) mass is 240 g/mol. The highest BCUT2D eigenvalue weighted by atomic mass is 15.1. The van der Waals surface area contributed by atoms with Crippen molar-refractivity contribution < 1.29 is 0 Å². The summed E-state index contributed by atoms with van der Waals surface area (Å²) >= 11 is 0. The van der Waals surface area contributed by atoms with Crippen molar-refractivity contribution >= 4 is 0 Å². The van der Waals surface area contributed by atoms with Crippen LogP contribution in [-0.2, 0) is 0 Å². The Bertz CT molecular complexity index is 201. The predicted octanol–water partition coefficient (Wildman–Crippen LogP) is 3.13. The molecule has 1 aliphatic rings. The van der Waals surface area contributed by atoms with E-state index in [2.05, 4.69) is 45.0 Å². The van der Waals surface area contributed by atoms with Gasteiger partial charge < -0.3 is 10.2 Å². The van der Waals surface area contributed by atoms with E-state index in [4.69, 9.17) is 0 Å². The van der Waals surface area contributed by atoms with E-state index in [0.717, 1.165) is 5.92 Å². The summed E-state index contributed by atoms with van der Waals surface area (Å²) < 4.78 is 0. The molecule has 2 atom stereocenters. The standard InChI is InChI=1S/C15H32N2/c1-6-8-15(9-7-10-16-11-15)12-17(5)14(4)13(2)3/h13-14,16H,6-12H2,1-5H3. The summed E-state index contributed by atoms with van der Waals surface area (Å²) in [5, 5.41) is 3.61. The van der Waals surface area contributed by atoms with E-state index in [1.54, 1.807) is 0 Å². The average Bonchev–Trinajstić information content (AvgIpc) is 2.29. The van der Waals surface area contributed by atoms with Gasteiger partial charge in [-0.15, -0.1) is 0 Å². The fourth-order valence-corrected chi connectivity index (χ4v) is 3.17. The third kappa shape index (κ3) is 4.26. The fraction of sp³-hybridized carbons (Fsp3) is 1.00. The Kier molecular flexibility index (Phi) is 5.94. The molecule has 2 unspecified atom stereocenters. The van der Waals surface area contributed by atoms with Gasteiger partial charge in [0.1, 0.15) is 0 Å². The van der Waals surface area contributed by atoms with Crippen molar-refractivity contribution in [2.45, 2.75) is 59.4 Å². The number of rotatable bonds is 6. The molecule has 0 spiro atoms. The lowest BCUT2D eigenvalue weighted by Gasteiger charge is -2.43. The van der Waals surface area contributed by atoms with Gasteiger partial charge in [0.2, 0.25) is 0 Å². The molecule has 1 saturated heterocycles. The highest BCUT2D eigenvalue weighted by Crippen LogP contribution is 2.33. The molecule has 1 heterocycles. The minimum Gasteiger partial charge on any atom is -0.316 e. The molecule has 0 aromatic rings. The maximum absolute atomic E-state index is 3.61. The van der Waals surface area contributed by atoms with Gasteiger partial charge >= 0.3 is 0 Å². The van der Waals surface area contributed by atoms with E-state index >= 15 is 0 Å². The van der Waals surface area contributed by atoms with Crippen LogP contribution in [0.25, 0.3) is 0 Å². The SMILES string of the molecule is CCCC1(CN(C)C(C)C(C)C)CCCNC1. The highest BCUT2D eigenvalue weighted by molar-refractivity contribution is 4.88. The molecule has 2 heteroatoms. The van der Waals surface area contributed by atoms with Gasteiger partial charge in [0.05, 0.1) is 0 Å². The van der Waals surface area contributed by atoms with Crippen molar-refractivity contribution in [1.29, 1.82) is 0 Å². The van der Waals surface area contributed by atoms with Crippen LogP contribution < -0.4 is 5.32 Å². The van der Waals surface area contributed by atoms with E-state index < -0.39 is 0 Å². The van der Waals surface area contributed by atoms with Crippen LogP contribution in [0.3, 0.4) is 0 Å². The Morgan fingerprint density at radius 2 is 2.00 bits per heavy atom. The van der Waals surface area contributed by atoms with Crippen LogP contribution in [0.4, 0.5) is 0 Å². The molecule has 1 rings (SSSR count). The second-order valence-electron chi connectivity index (χ2n) is 6.43. The van der Waals surface area contributed by atoms with Crippen LogP contribution in [0.1, 0.15) is 53.4 Å². The zero-order chi connectivity index (χ0) is 12.9. The summed E-state index contributed by atoms with van der Waals surface area (Å²) in [5.41, 5.74) is 0.533. The molecular formula is C15H32N2. The zero-order valence-electron chi connectivity index (χ0n) is 12.6. The number of nitrogens with one attached hydrogen (secondary N) is 1. The topological polar surface area (TPSA) is 15.3 Å². The van der Waals surface area contributed by atoms with Crippen LogP contribution in [0.5, 0.6) is 0 Å². The first kappa shape index (κ1) is 15.0. The minimum absolute atomic E-state index is 0.533. The zero-order valence-corrected chi connectivity index (χ0v) is 12.6. The molecule has 0 radical (unpaired) electrons. The summed E-state index contributed by atoms with van der Waals surface area (Å²) in [4.78, 5) is 2.58. The third-order valence-corrected chi connectivity index (χ3v) is 4.59. The molecule has 1 fully saturated rings. The predicted molar refractivity (Wildman–Crippen MR) is 76.4 cm³/mol. The molecule has 0 amide bonds. The van der Waals surface area contributed by atoms with Crippen molar-refractivity contribution in [3.05, 3.63) is 0 Å². The summed E-state index contributed by atoms with van der Waals surface area (Å²) in [6.07, 6.45) is 5.44. The maximum Gasteiger partial charge on any atom is 0.00871 e. The van der Waals surface area contributed by atoms with Crippen LogP contribution >= 0.6 is 0 Å². The third-order valence-electron chi connectivity index (χ3n) is 4.59. The first-order valence-corrected chi connectivity index (χ1v) is 7.42. The van der Waals surface area contributed by atoms with Gasteiger partial charge in [0.15, 0.2) is 0 Å². The smallest absolute Gasteiger partial charge is 0.00871 e. The summed E-state index contributed by atoms with van der Waals surface area (Å²) in [6, 6.07) is 0.686. The van der Waals surface area contributed by atoms with Crippen LogP contribution in [0, 0.1) is 11.3 Å². The minimum atomic E-state index is 0.533. The molecule has 0 aliphatic carbocycles. The summed E-state index contributed by atoms with van der Waals surface area (Å²) in [7, 11) is 2.30. The lowest BCUT2D eigenvalue weighted by Crippen LogP contribution is -2.49. The Morgan fingerprint density at radius 1 is 1.29 bits per heavy atom.